The predicted molar refractivity (Wildman–Crippen MR) is 70.4 cm³/mol. The van der Waals surface area contributed by atoms with Crippen molar-refractivity contribution in [2.24, 2.45) is 0 Å². The summed E-state index contributed by atoms with van der Waals surface area (Å²) in [5, 5.41) is 6.96. The van der Waals surface area contributed by atoms with Gasteiger partial charge in [-0.05, 0) is 28.9 Å². The molecule has 1 spiro atoms. The van der Waals surface area contributed by atoms with Gasteiger partial charge >= 0.3 is 0 Å². The number of benzene rings is 1. The molecule has 1 N–H and O–H groups in total. The average molecular weight is 249 g/mol. The number of carbonyl (C=O) groups is 1. The van der Waals surface area contributed by atoms with E-state index in [2.05, 4.69) is 24.4 Å². The summed E-state index contributed by atoms with van der Waals surface area (Å²) in [6.45, 7) is 2.13. The summed E-state index contributed by atoms with van der Waals surface area (Å²) in [5.74, 6) is 0.0933. The second-order valence-electron chi connectivity index (χ2n) is 3.81. The van der Waals surface area contributed by atoms with E-state index < -0.39 is 4.08 Å². The van der Waals surface area contributed by atoms with Crippen LogP contribution in [0.3, 0.4) is 0 Å². The van der Waals surface area contributed by atoms with Crippen molar-refractivity contribution in [3.63, 3.8) is 0 Å². The first-order valence-electron chi connectivity index (χ1n) is 5.22. The molecule has 0 saturated carbocycles. The first-order chi connectivity index (χ1) is 7.76. The number of aryl methyl sites for hydroxylation is 1. The van der Waals surface area contributed by atoms with Gasteiger partial charge in [0.15, 0.2) is 4.08 Å². The Balaban J connectivity index is 2.15. The van der Waals surface area contributed by atoms with Gasteiger partial charge in [-0.1, -0.05) is 19.1 Å². The Morgan fingerprint density at radius 3 is 2.75 bits per heavy atom. The monoisotopic (exact) mass is 249 g/mol. The number of carbonyl (C=O) groups excluding carboxylic acids is 1. The van der Waals surface area contributed by atoms with Crippen LogP contribution in [0.1, 0.15) is 18.1 Å². The van der Waals surface area contributed by atoms with Gasteiger partial charge in [-0.3, -0.25) is 4.79 Å². The molecule has 1 aromatic rings. The van der Waals surface area contributed by atoms with Crippen LogP contribution in [0.4, 0.5) is 5.69 Å². The van der Waals surface area contributed by atoms with Crippen molar-refractivity contribution in [3.8, 4) is 0 Å². The summed E-state index contributed by atoms with van der Waals surface area (Å²) in [6, 6.07) is 6.25. The number of rotatable bonds is 1. The maximum Gasteiger partial charge on any atom is 0.256 e. The molecule has 82 valence electrons. The van der Waals surface area contributed by atoms with Crippen molar-refractivity contribution in [3.05, 3.63) is 40.1 Å². The minimum absolute atomic E-state index is 0.0933. The molecule has 4 heteroatoms. The molecule has 0 radical (unpaired) electrons. The summed E-state index contributed by atoms with van der Waals surface area (Å²) in [4.78, 5) is 12.1. The minimum atomic E-state index is -0.458. The van der Waals surface area contributed by atoms with Crippen LogP contribution in [0, 0.1) is 0 Å². The molecular formula is C12H11NOS2. The standard InChI is InChI=1S/C12H11NOS2/c1-2-8-3-4-10-9(7-8)12(11(14)13-10)15-5-6-16-12/h3-7H,2H2,1H3,(H,13,14). The third-order valence-corrected chi connectivity index (χ3v) is 5.69. The molecule has 0 unspecified atom stereocenters. The van der Waals surface area contributed by atoms with Crippen molar-refractivity contribution >= 4 is 35.1 Å². The van der Waals surface area contributed by atoms with Gasteiger partial charge in [-0.25, -0.2) is 0 Å². The lowest BCUT2D eigenvalue weighted by Crippen LogP contribution is -2.24. The van der Waals surface area contributed by atoms with Gasteiger partial charge in [0.1, 0.15) is 0 Å². The van der Waals surface area contributed by atoms with Gasteiger partial charge in [0, 0.05) is 11.3 Å². The molecule has 0 aromatic heterocycles. The van der Waals surface area contributed by atoms with Crippen molar-refractivity contribution in [1.29, 1.82) is 0 Å². The summed E-state index contributed by atoms with van der Waals surface area (Å²) >= 11 is 3.19. The van der Waals surface area contributed by atoms with Crippen LogP contribution in [-0.4, -0.2) is 5.91 Å². The lowest BCUT2D eigenvalue weighted by molar-refractivity contribution is -0.116. The molecule has 1 aromatic carbocycles. The Morgan fingerprint density at radius 2 is 2.06 bits per heavy atom. The van der Waals surface area contributed by atoms with Crippen LogP contribution in [0.5, 0.6) is 0 Å². The first-order valence-corrected chi connectivity index (χ1v) is 6.98. The Labute approximate surface area is 103 Å². The lowest BCUT2D eigenvalue weighted by Gasteiger charge is -2.18. The normalized spacial score (nSPS) is 20.2. The topological polar surface area (TPSA) is 29.1 Å². The second-order valence-corrected chi connectivity index (χ2v) is 6.31. The molecule has 1 amide bonds. The molecule has 2 heterocycles. The molecule has 2 aliphatic heterocycles. The van der Waals surface area contributed by atoms with Crippen molar-refractivity contribution in [2.45, 2.75) is 17.4 Å². The quantitative estimate of drug-likeness (QED) is 0.828. The lowest BCUT2D eigenvalue weighted by atomic mass is 10.1. The fourth-order valence-electron chi connectivity index (χ4n) is 2.03. The molecule has 2 aliphatic rings. The molecule has 0 saturated heterocycles. The molecule has 2 nitrogen and oxygen atoms in total. The third kappa shape index (κ3) is 1.26. The number of nitrogens with one attached hydrogen (secondary N) is 1. The maximum atomic E-state index is 12.1. The zero-order chi connectivity index (χ0) is 11.2. The summed E-state index contributed by atoms with van der Waals surface area (Å²) in [6.07, 6.45) is 1.00. The fraction of sp³-hybridized carbons (Fsp3) is 0.250. The van der Waals surface area contributed by atoms with E-state index in [1.807, 2.05) is 16.9 Å². The number of fused-ring (bicyclic) bond motifs is 2. The Kier molecular flexibility index (Phi) is 2.30. The fourth-order valence-corrected chi connectivity index (χ4v) is 4.32. The van der Waals surface area contributed by atoms with Gasteiger partial charge in [-0.15, -0.1) is 23.5 Å². The van der Waals surface area contributed by atoms with Crippen molar-refractivity contribution in [2.75, 3.05) is 5.32 Å². The summed E-state index contributed by atoms with van der Waals surface area (Å²) < 4.78 is -0.458. The second kappa shape index (κ2) is 3.57. The van der Waals surface area contributed by atoms with E-state index in [9.17, 15) is 4.79 Å². The Morgan fingerprint density at radius 1 is 1.31 bits per heavy atom. The van der Waals surface area contributed by atoms with Gasteiger partial charge in [0.2, 0.25) is 0 Å². The first kappa shape index (κ1) is 10.3. The predicted octanol–water partition coefficient (Wildman–Crippen LogP) is 3.31. The smallest absolute Gasteiger partial charge is 0.256 e. The minimum Gasteiger partial charge on any atom is -0.323 e. The van der Waals surface area contributed by atoms with Crippen LogP contribution < -0.4 is 5.32 Å². The largest absolute Gasteiger partial charge is 0.323 e. The van der Waals surface area contributed by atoms with E-state index in [0.717, 1.165) is 17.7 Å². The average Bonchev–Trinajstić information content (AvgIpc) is 2.88. The molecule has 3 rings (SSSR count). The third-order valence-electron chi connectivity index (χ3n) is 2.92. The zero-order valence-electron chi connectivity index (χ0n) is 8.82. The van der Waals surface area contributed by atoms with E-state index in [0.29, 0.717) is 0 Å². The van der Waals surface area contributed by atoms with Crippen molar-refractivity contribution in [1.82, 2.24) is 0 Å². The highest BCUT2D eigenvalue weighted by Crippen LogP contribution is 2.58. The van der Waals surface area contributed by atoms with E-state index in [-0.39, 0.29) is 5.91 Å². The van der Waals surface area contributed by atoms with E-state index in [1.165, 1.54) is 5.56 Å². The number of hydrogen-bond donors (Lipinski definition) is 1. The number of amides is 1. The van der Waals surface area contributed by atoms with Crippen molar-refractivity contribution < 1.29 is 4.79 Å². The highest BCUT2D eigenvalue weighted by atomic mass is 32.2. The van der Waals surface area contributed by atoms with Crippen LogP contribution in [0.25, 0.3) is 0 Å². The highest BCUT2D eigenvalue weighted by molar-refractivity contribution is 8.24. The molecule has 16 heavy (non-hydrogen) atoms. The highest BCUT2D eigenvalue weighted by Gasteiger charge is 2.49. The van der Waals surface area contributed by atoms with Crippen LogP contribution >= 0.6 is 23.5 Å². The van der Waals surface area contributed by atoms with Gasteiger partial charge in [0.05, 0.1) is 0 Å². The van der Waals surface area contributed by atoms with E-state index in [1.54, 1.807) is 23.5 Å². The van der Waals surface area contributed by atoms with Gasteiger partial charge in [-0.2, -0.15) is 0 Å². The van der Waals surface area contributed by atoms with E-state index in [4.69, 9.17) is 0 Å². The number of thioether (sulfide) groups is 2. The van der Waals surface area contributed by atoms with Crippen LogP contribution in [-0.2, 0) is 15.3 Å². The summed E-state index contributed by atoms with van der Waals surface area (Å²) in [7, 11) is 0. The molecule has 0 aliphatic carbocycles. The Hall–Kier alpha value is -0.870. The van der Waals surface area contributed by atoms with E-state index >= 15 is 0 Å². The SMILES string of the molecule is CCc1ccc2c(c1)C1(SC=CS1)C(=O)N2. The molecular weight excluding hydrogens is 238 g/mol. The molecule has 0 bridgehead atoms. The molecule has 0 fully saturated rings. The maximum absolute atomic E-state index is 12.1. The summed E-state index contributed by atoms with van der Waals surface area (Å²) in [5.41, 5.74) is 3.37. The van der Waals surface area contributed by atoms with Crippen LogP contribution in [0.15, 0.2) is 29.0 Å². The van der Waals surface area contributed by atoms with Gasteiger partial charge < -0.3 is 5.32 Å². The molecule has 0 atom stereocenters. The van der Waals surface area contributed by atoms with Gasteiger partial charge in [0.25, 0.3) is 5.91 Å². The zero-order valence-corrected chi connectivity index (χ0v) is 10.5. The Bertz CT molecular complexity index is 488. The van der Waals surface area contributed by atoms with Crippen LogP contribution in [0.2, 0.25) is 0 Å². The number of hydrogen-bond acceptors (Lipinski definition) is 3. The number of anilines is 1.